The van der Waals surface area contributed by atoms with Crippen LogP contribution in [-0.4, -0.2) is 30.4 Å². The van der Waals surface area contributed by atoms with Gasteiger partial charge in [-0.1, -0.05) is 55.0 Å². The van der Waals surface area contributed by atoms with Gasteiger partial charge in [0, 0.05) is 22.7 Å². The molecule has 0 atom stereocenters. The Labute approximate surface area is 253 Å². The van der Waals surface area contributed by atoms with Crippen molar-refractivity contribution in [2.45, 2.75) is 44.8 Å². The zero-order valence-corrected chi connectivity index (χ0v) is 25.1. The van der Waals surface area contributed by atoms with Crippen LogP contribution in [-0.2, 0) is 22.7 Å². The summed E-state index contributed by atoms with van der Waals surface area (Å²) in [6.45, 7) is 6.33. The van der Waals surface area contributed by atoms with Crippen LogP contribution >= 0.6 is 0 Å². The molecule has 5 aromatic rings. The summed E-state index contributed by atoms with van der Waals surface area (Å²) in [6.07, 6.45) is -3.81. The van der Waals surface area contributed by atoms with E-state index >= 15 is 0 Å². The summed E-state index contributed by atoms with van der Waals surface area (Å²) >= 11 is 0. The molecule has 0 fully saturated rings. The molecule has 0 radical (unpaired) electrons. The molecule has 0 amide bonds. The summed E-state index contributed by atoms with van der Waals surface area (Å²) in [7, 11) is -4.22. The van der Waals surface area contributed by atoms with E-state index in [0.29, 0.717) is 45.9 Å². The maximum atomic E-state index is 13.8. The number of pyridine rings is 1. The number of ketones is 1. The molecule has 44 heavy (non-hydrogen) atoms. The van der Waals surface area contributed by atoms with Gasteiger partial charge in [-0.3, -0.25) is 9.52 Å². The quantitative estimate of drug-likeness (QED) is 0.163. The van der Waals surface area contributed by atoms with Crippen LogP contribution in [0.1, 0.15) is 51.7 Å². The Hall–Kier alpha value is -4.64. The molecule has 0 aliphatic heterocycles. The number of anilines is 1. The van der Waals surface area contributed by atoms with Crippen molar-refractivity contribution in [3.8, 4) is 5.88 Å². The molecule has 0 saturated heterocycles. The van der Waals surface area contributed by atoms with Crippen LogP contribution < -0.4 is 9.46 Å². The lowest BCUT2D eigenvalue weighted by Gasteiger charge is -2.15. The number of aromatic nitrogens is 2. The smallest absolute Gasteiger partial charge is 0.416 e. The summed E-state index contributed by atoms with van der Waals surface area (Å²) in [5.74, 6) is 0.218. The molecular formula is C33H30F3N3O4S. The molecule has 0 saturated carbocycles. The highest BCUT2D eigenvalue weighted by atomic mass is 32.2. The van der Waals surface area contributed by atoms with E-state index in [4.69, 9.17) is 9.72 Å². The van der Waals surface area contributed by atoms with Crippen LogP contribution in [0.25, 0.3) is 11.0 Å². The number of halogens is 3. The standard InChI is InChI=1S/C33H30F3N3O4S/c1-4-19-43-29-18-17-27-30(31(40)23-11-9-21(2)10-12-23)22(3)39(32(27)37-29)20-24-7-5-6-8-28(24)38-44(41,42)26-15-13-25(14-16-26)33(34,35)36/h5-18,38H,4,19-20H2,1-3H3. The average Bonchev–Trinajstić information content (AvgIpc) is 3.26. The highest BCUT2D eigenvalue weighted by molar-refractivity contribution is 7.92. The van der Waals surface area contributed by atoms with Crippen molar-refractivity contribution < 1.29 is 31.1 Å². The van der Waals surface area contributed by atoms with E-state index in [1.807, 2.05) is 37.5 Å². The molecule has 7 nitrogen and oxygen atoms in total. The number of fused-ring (bicyclic) bond motifs is 1. The van der Waals surface area contributed by atoms with Gasteiger partial charge in [0.2, 0.25) is 5.88 Å². The van der Waals surface area contributed by atoms with Crippen LogP contribution in [0, 0.1) is 13.8 Å². The van der Waals surface area contributed by atoms with Gasteiger partial charge in [0.1, 0.15) is 5.65 Å². The molecule has 0 bridgehead atoms. The number of hydrogen-bond donors (Lipinski definition) is 1. The number of nitrogens with zero attached hydrogens (tertiary/aromatic N) is 2. The maximum Gasteiger partial charge on any atom is 0.416 e. The van der Waals surface area contributed by atoms with E-state index in [1.165, 1.54) is 0 Å². The van der Waals surface area contributed by atoms with Gasteiger partial charge in [0.15, 0.2) is 5.78 Å². The number of sulfonamides is 1. The Bertz CT molecular complexity index is 1930. The normalized spacial score (nSPS) is 12.0. The fourth-order valence-electron chi connectivity index (χ4n) is 4.89. The fraction of sp³-hybridized carbons (Fsp3) is 0.212. The number of carbonyl (C=O) groups excluding carboxylic acids is 1. The van der Waals surface area contributed by atoms with Gasteiger partial charge in [-0.2, -0.15) is 18.2 Å². The molecule has 3 aromatic carbocycles. The van der Waals surface area contributed by atoms with Gasteiger partial charge in [0.25, 0.3) is 10.0 Å². The fourth-order valence-corrected chi connectivity index (χ4v) is 5.99. The molecule has 1 N–H and O–H groups in total. The number of para-hydroxylation sites is 1. The molecule has 5 rings (SSSR count). The van der Waals surface area contributed by atoms with Gasteiger partial charge in [-0.15, -0.1) is 0 Å². The van der Waals surface area contributed by atoms with Crippen LogP contribution in [0.15, 0.2) is 89.8 Å². The van der Waals surface area contributed by atoms with Crippen LogP contribution in [0.3, 0.4) is 0 Å². The molecule has 2 aromatic heterocycles. The SMILES string of the molecule is CCCOc1ccc2c(C(=O)c3ccc(C)cc3)c(C)n(Cc3ccccc3NS(=O)(=O)c3ccc(C(F)(F)F)cc3)c2n1. The van der Waals surface area contributed by atoms with Crippen molar-refractivity contribution in [3.05, 3.63) is 118 Å². The Morgan fingerprint density at radius 1 is 0.932 bits per heavy atom. The van der Waals surface area contributed by atoms with Crippen molar-refractivity contribution >= 4 is 32.5 Å². The minimum absolute atomic E-state index is 0.138. The number of benzene rings is 3. The number of rotatable bonds is 10. The van der Waals surface area contributed by atoms with Crippen LogP contribution in [0.2, 0.25) is 0 Å². The molecule has 11 heteroatoms. The van der Waals surface area contributed by atoms with Gasteiger partial charge < -0.3 is 9.30 Å². The van der Waals surface area contributed by atoms with Crippen molar-refractivity contribution in [3.63, 3.8) is 0 Å². The summed E-state index contributed by atoms with van der Waals surface area (Å²) in [5, 5.41) is 0.625. The summed E-state index contributed by atoms with van der Waals surface area (Å²) < 4.78 is 75.6. The van der Waals surface area contributed by atoms with E-state index in [2.05, 4.69) is 4.72 Å². The Morgan fingerprint density at radius 3 is 2.27 bits per heavy atom. The number of hydrogen-bond acceptors (Lipinski definition) is 5. The first-order valence-corrected chi connectivity index (χ1v) is 15.4. The van der Waals surface area contributed by atoms with Crippen molar-refractivity contribution in [2.75, 3.05) is 11.3 Å². The number of ether oxygens (including phenoxy) is 1. The largest absolute Gasteiger partial charge is 0.478 e. The summed E-state index contributed by atoms with van der Waals surface area (Å²) in [5.41, 5.74) is 2.98. The van der Waals surface area contributed by atoms with Crippen LogP contribution in [0.5, 0.6) is 5.88 Å². The number of alkyl halides is 3. The van der Waals surface area contributed by atoms with Crippen LogP contribution in [0.4, 0.5) is 18.9 Å². The first kappa shape index (κ1) is 30.8. The van der Waals surface area contributed by atoms with E-state index in [0.717, 1.165) is 36.2 Å². The van der Waals surface area contributed by atoms with Gasteiger partial charge in [0.05, 0.1) is 34.9 Å². The molecule has 0 aliphatic rings. The van der Waals surface area contributed by atoms with Crippen molar-refractivity contribution in [1.29, 1.82) is 0 Å². The number of aryl methyl sites for hydroxylation is 1. The lowest BCUT2D eigenvalue weighted by Crippen LogP contribution is -2.16. The third-order valence-corrected chi connectivity index (χ3v) is 8.60. The molecular weight excluding hydrogens is 591 g/mol. The molecule has 0 spiro atoms. The van der Waals surface area contributed by atoms with Crippen molar-refractivity contribution in [2.24, 2.45) is 0 Å². The van der Waals surface area contributed by atoms with Gasteiger partial charge in [-0.05, 0) is 62.2 Å². The van der Waals surface area contributed by atoms with Gasteiger partial charge in [-0.25, -0.2) is 8.42 Å². The zero-order chi connectivity index (χ0) is 31.6. The Kier molecular flexibility index (Phi) is 8.51. The lowest BCUT2D eigenvalue weighted by molar-refractivity contribution is -0.137. The lowest BCUT2D eigenvalue weighted by atomic mass is 10.0. The number of nitrogens with one attached hydrogen (secondary N) is 1. The maximum absolute atomic E-state index is 13.8. The van der Waals surface area contributed by atoms with E-state index < -0.39 is 21.8 Å². The average molecular weight is 622 g/mol. The predicted octanol–water partition coefficient (Wildman–Crippen LogP) is 7.54. The Morgan fingerprint density at radius 2 is 1.61 bits per heavy atom. The first-order valence-electron chi connectivity index (χ1n) is 13.9. The highest BCUT2D eigenvalue weighted by Crippen LogP contribution is 2.32. The second-order valence-electron chi connectivity index (χ2n) is 10.4. The summed E-state index contributed by atoms with van der Waals surface area (Å²) in [4.78, 5) is 18.2. The third kappa shape index (κ3) is 6.33. The highest BCUT2D eigenvalue weighted by Gasteiger charge is 2.31. The van der Waals surface area contributed by atoms with Gasteiger partial charge >= 0.3 is 6.18 Å². The molecule has 228 valence electrons. The van der Waals surface area contributed by atoms with Crippen molar-refractivity contribution in [1.82, 2.24) is 9.55 Å². The van der Waals surface area contributed by atoms with E-state index in [9.17, 15) is 26.4 Å². The summed E-state index contributed by atoms with van der Waals surface area (Å²) in [6, 6.07) is 20.8. The minimum Gasteiger partial charge on any atom is -0.478 e. The molecule has 0 aliphatic carbocycles. The Balaban J connectivity index is 1.55. The molecule has 2 heterocycles. The second kappa shape index (κ2) is 12.2. The first-order chi connectivity index (χ1) is 20.9. The monoisotopic (exact) mass is 621 g/mol. The van der Waals surface area contributed by atoms with E-state index in [-0.39, 0.29) is 22.9 Å². The minimum atomic E-state index is -4.59. The number of carbonyl (C=O) groups is 1. The predicted molar refractivity (Wildman–Crippen MR) is 163 cm³/mol. The second-order valence-corrected chi connectivity index (χ2v) is 12.1. The zero-order valence-electron chi connectivity index (χ0n) is 24.3. The topological polar surface area (TPSA) is 90.3 Å². The molecule has 0 unspecified atom stereocenters. The third-order valence-electron chi connectivity index (χ3n) is 7.22. The van der Waals surface area contributed by atoms with E-state index in [1.54, 1.807) is 48.5 Å².